The van der Waals surface area contributed by atoms with Crippen molar-refractivity contribution in [1.29, 1.82) is 0 Å². The first-order chi connectivity index (χ1) is 13.0. The van der Waals surface area contributed by atoms with Gasteiger partial charge in [0.25, 0.3) is 0 Å². The Kier molecular flexibility index (Phi) is 4.75. The monoisotopic (exact) mass is 405 g/mol. The highest BCUT2D eigenvalue weighted by molar-refractivity contribution is 6.35. The van der Waals surface area contributed by atoms with Crippen molar-refractivity contribution in [3.63, 3.8) is 0 Å². The van der Waals surface area contributed by atoms with Crippen LogP contribution in [0.15, 0.2) is 30.3 Å². The second-order valence-corrected chi connectivity index (χ2v) is 7.08. The van der Waals surface area contributed by atoms with Crippen LogP contribution in [0.3, 0.4) is 0 Å². The number of rotatable bonds is 2. The van der Waals surface area contributed by atoms with E-state index in [2.05, 4.69) is 25.5 Å². The zero-order valence-electron chi connectivity index (χ0n) is 14.6. The third-order valence-corrected chi connectivity index (χ3v) is 5.03. The molecule has 1 aliphatic heterocycles. The Morgan fingerprint density at radius 1 is 1.07 bits per heavy atom. The van der Waals surface area contributed by atoms with Crippen molar-refractivity contribution in [1.82, 2.24) is 24.7 Å². The summed E-state index contributed by atoms with van der Waals surface area (Å²) in [4.78, 5) is 16.4. The number of anilines is 2. The van der Waals surface area contributed by atoms with E-state index in [9.17, 15) is 4.79 Å². The lowest BCUT2D eigenvalue weighted by Gasteiger charge is -2.35. The van der Waals surface area contributed by atoms with E-state index < -0.39 is 0 Å². The molecule has 0 atom stereocenters. The molecule has 8 nitrogen and oxygen atoms in total. The number of urea groups is 1. The maximum Gasteiger partial charge on any atom is 0.322 e. The molecule has 2 amide bonds. The average Bonchev–Trinajstić information content (AvgIpc) is 3.05. The van der Waals surface area contributed by atoms with Crippen LogP contribution in [-0.2, 0) is 0 Å². The summed E-state index contributed by atoms with van der Waals surface area (Å²) < 4.78 is 1.72. The standard InChI is InChI=1S/C17H17Cl2N7O/c1-11-21-22-15-4-5-16(23-26(11)15)24-6-8-25(9-7-24)17(27)20-14-10-12(18)2-3-13(14)19/h2-5,10H,6-9H2,1H3,(H,20,27). The van der Waals surface area contributed by atoms with Gasteiger partial charge in [-0.3, -0.25) is 0 Å². The number of amides is 2. The quantitative estimate of drug-likeness (QED) is 0.708. The van der Waals surface area contributed by atoms with Gasteiger partial charge in [0.2, 0.25) is 0 Å². The van der Waals surface area contributed by atoms with Crippen LogP contribution < -0.4 is 10.2 Å². The number of carbonyl (C=O) groups is 1. The number of nitrogens with zero attached hydrogens (tertiary/aromatic N) is 6. The minimum atomic E-state index is -0.197. The number of aromatic nitrogens is 4. The predicted molar refractivity (Wildman–Crippen MR) is 105 cm³/mol. The van der Waals surface area contributed by atoms with Crippen LogP contribution in [0, 0.1) is 6.92 Å². The van der Waals surface area contributed by atoms with Gasteiger partial charge >= 0.3 is 6.03 Å². The fourth-order valence-electron chi connectivity index (χ4n) is 2.98. The molecule has 3 aromatic rings. The minimum Gasteiger partial charge on any atom is -0.352 e. The van der Waals surface area contributed by atoms with Gasteiger partial charge in [-0.05, 0) is 37.3 Å². The van der Waals surface area contributed by atoms with E-state index in [1.165, 1.54) is 0 Å². The van der Waals surface area contributed by atoms with Crippen molar-refractivity contribution in [2.75, 3.05) is 36.4 Å². The summed E-state index contributed by atoms with van der Waals surface area (Å²) in [6.07, 6.45) is 0. The average molecular weight is 406 g/mol. The number of fused-ring (bicyclic) bond motifs is 1. The molecule has 1 aliphatic rings. The van der Waals surface area contributed by atoms with E-state index in [0.29, 0.717) is 47.6 Å². The third-order valence-electron chi connectivity index (χ3n) is 4.47. The van der Waals surface area contributed by atoms with Gasteiger partial charge in [0.1, 0.15) is 5.82 Å². The summed E-state index contributed by atoms with van der Waals surface area (Å²) in [5.41, 5.74) is 1.22. The van der Waals surface area contributed by atoms with Crippen LogP contribution in [0.1, 0.15) is 5.82 Å². The lowest BCUT2D eigenvalue weighted by atomic mass is 10.3. The number of halogens is 2. The topological polar surface area (TPSA) is 78.7 Å². The zero-order chi connectivity index (χ0) is 19.0. The van der Waals surface area contributed by atoms with Crippen molar-refractivity contribution in [3.8, 4) is 0 Å². The summed E-state index contributed by atoms with van der Waals surface area (Å²) >= 11 is 12.1. The van der Waals surface area contributed by atoms with Crippen molar-refractivity contribution in [2.45, 2.75) is 6.92 Å². The molecule has 140 valence electrons. The van der Waals surface area contributed by atoms with Gasteiger partial charge in [0.15, 0.2) is 11.5 Å². The molecule has 1 saturated heterocycles. The largest absolute Gasteiger partial charge is 0.352 e. The van der Waals surface area contributed by atoms with Crippen molar-refractivity contribution in [2.24, 2.45) is 0 Å². The molecular weight excluding hydrogens is 389 g/mol. The molecule has 0 bridgehead atoms. The number of nitrogens with one attached hydrogen (secondary N) is 1. The van der Waals surface area contributed by atoms with Gasteiger partial charge in [-0.15, -0.1) is 15.3 Å². The van der Waals surface area contributed by atoms with Gasteiger partial charge in [-0.1, -0.05) is 23.2 Å². The Hall–Kier alpha value is -2.58. The van der Waals surface area contributed by atoms with Crippen LogP contribution in [0.25, 0.3) is 5.65 Å². The van der Waals surface area contributed by atoms with Gasteiger partial charge in [-0.2, -0.15) is 4.52 Å². The number of hydrogen-bond donors (Lipinski definition) is 1. The Bertz CT molecular complexity index is 998. The maximum absolute atomic E-state index is 12.5. The third kappa shape index (κ3) is 3.63. The van der Waals surface area contributed by atoms with Crippen LogP contribution in [0.4, 0.5) is 16.3 Å². The Morgan fingerprint density at radius 3 is 2.63 bits per heavy atom. The molecule has 3 heterocycles. The van der Waals surface area contributed by atoms with Gasteiger partial charge in [-0.25, -0.2) is 4.79 Å². The van der Waals surface area contributed by atoms with Crippen molar-refractivity contribution in [3.05, 3.63) is 46.2 Å². The van der Waals surface area contributed by atoms with E-state index in [-0.39, 0.29) is 6.03 Å². The van der Waals surface area contributed by atoms with Crippen LogP contribution in [-0.4, -0.2) is 56.9 Å². The Labute approximate surface area is 165 Å². The normalized spacial score (nSPS) is 14.6. The molecule has 0 spiro atoms. The number of aryl methyl sites for hydroxylation is 1. The summed E-state index contributed by atoms with van der Waals surface area (Å²) in [6.45, 7) is 4.36. The Morgan fingerprint density at radius 2 is 1.85 bits per heavy atom. The second kappa shape index (κ2) is 7.21. The first-order valence-corrected chi connectivity index (χ1v) is 9.22. The zero-order valence-corrected chi connectivity index (χ0v) is 16.1. The van der Waals surface area contributed by atoms with Gasteiger partial charge in [0, 0.05) is 31.2 Å². The summed E-state index contributed by atoms with van der Waals surface area (Å²) in [5.74, 6) is 1.58. The van der Waals surface area contributed by atoms with E-state index in [4.69, 9.17) is 23.2 Å². The lowest BCUT2D eigenvalue weighted by Crippen LogP contribution is -2.50. The fraction of sp³-hybridized carbons (Fsp3) is 0.294. The molecule has 0 radical (unpaired) electrons. The maximum atomic E-state index is 12.5. The SMILES string of the molecule is Cc1nnc2ccc(N3CCN(C(=O)Nc4cc(Cl)ccc4Cl)CC3)nn12. The fourth-order valence-corrected chi connectivity index (χ4v) is 3.32. The van der Waals surface area contributed by atoms with Crippen molar-refractivity contribution < 1.29 is 4.79 Å². The van der Waals surface area contributed by atoms with Gasteiger partial charge < -0.3 is 15.1 Å². The molecule has 1 aromatic carbocycles. The number of benzene rings is 1. The first kappa shape index (κ1) is 17.8. The highest BCUT2D eigenvalue weighted by Gasteiger charge is 2.23. The lowest BCUT2D eigenvalue weighted by molar-refractivity contribution is 0.208. The molecule has 10 heteroatoms. The number of piperazine rings is 1. The summed E-state index contributed by atoms with van der Waals surface area (Å²) in [7, 11) is 0. The smallest absolute Gasteiger partial charge is 0.322 e. The van der Waals surface area contributed by atoms with Crippen LogP contribution >= 0.6 is 23.2 Å². The van der Waals surface area contributed by atoms with Gasteiger partial charge in [0.05, 0.1) is 10.7 Å². The number of hydrogen-bond acceptors (Lipinski definition) is 5. The molecular formula is C17H17Cl2N7O. The number of carbonyl (C=O) groups excluding carboxylic acids is 1. The van der Waals surface area contributed by atoms with Crippen LogP contribution in [0.2, 0.25) is 10.0 Å². The summed E-state index contributed by atoms with van der Waals surface area (Å²) in [5, 5.41) is 16.4. The predicted octanol–water partition coefficient (Wildman–Crippen LogP) is 3.09. The molecule has 0 unspecified atom stereocenters. The first-order valence-electron chi connectivity index (χ1n) is 8.46. The molecule has 27 heavy (non-hydrogen) atoms. The van der Waals surface area contributed by atoms with Crippen LogP contribution in [0.5, 0.6) is 0 Å². The highest BCUT2D eigenvalue weighted by Crippen LogP contribution is 2.26. The van der Waals surface area contributed by atoms with Crippen molar-refractivity contribution >= 4 is 46.4 Å². The minimum absolute atomic E-state index is 0.197. The molecule has 1 fully saturated rings. The van der Waals surface area contributed by atoms with E-state index >= 15 is 0 Å². The molecule has 4 rings (SSSR count). The highest BCUT2D eigenvalue weighted by atomic mass is 35.5. The second-order valence-electron chi connectivity index (χ2n) is 6.24. The molecule has 0 aliphatic carbocycles. The Balaban J connectivity index is 1.41. The van der Waals surface area contributed by atoms with E-state index in [0.717, 1.165) is 11.6 Å². The summed E-state index contributed by atoms with van der Waals surface area (Å²) in [6, 6.07) is 8.59. The molecule has 0 saturated carbocycles. The molecule has 2 aromatic heterocycles. The molecule has 1 N–H and O–H groups in total. The van der Waals surface area contributed by atoms with E-state index in [1.807, 2.05) is 19.1 Å². The van der Waals surface area contributed by atoms with E-state index in [1.54, 1.807) is 27.6 Å².